The molecule has 1 saturated heterocycles. The zero-order valence-electron chi connectivity index (χ0n) is 15.3. The second-order valence-corrected chi connectivity index (χ2v) is 7.28. The molecule has 26 heavy (non-hydrogen) atoms. The van der Waals surface area contributed by atoms with Gasteiger partial charge in [0.05, 0.1) is 19.0 Å². The van der Waals surface area contributed by atoms with E-state index in [9.17, 15) is 4.79 Å². The highest BCUT2D eigenvalue weighted by atomic mass is 32.2. The first-order chi connectivity index (χ1) is 12.7. The predicted octanol–water partition coefficient (Wildman–Crippen LogP) is 0.752. The minimum Gasteiger partial charge on any atom is -0.370 e. The Labute approximate surface area is 158 Å². The Kier molecular flexibility index (Phi) is 6.65. The molecule has 1 aliphatic rings. The summed E-state index contributed by atoms with van der Waals surface area (Å²) in [6, 6.07) is 7.78. The van der Waals surface area contributed by atoms with Crippen molar-refractivity contribution in [2.24, 2.45) is 0 Å². The van der Waals surface area contributed by atoms with Crippen LogP contribution in [0.1, 0.15) is 18.3 Å². The van der Waals surface area contributed by atoms with Crippen molar-refractivity contribution in [2.75, 3.05) is 37.4 Å². The summed E-state index contributed by atoms with van der Waals surface area (Å²) in [5.41, 5.74) is 1.91. The van der Waals surface area contributed by atoms with Gasteiger partial charge in [-0.2, -0.15) is 0 Å². The zero-order chi connectivity index (χ0) is 18.4. The molecular formula is C18H26N5O2S+. The number of morpholine rings is 1. The highest BCUT2D eigenvalue weighted by Crippen LogP contribution is 2.18. The molecule has 2 N–H and O–H groups in total. The van der Waals surface area contributed by atoms with E-state index in [1.807, 2.05) is 31.2 Å². The molecule has 1 aromatic heterocycles. The molecule has 7 nitrogen and oxygen atoms in total. The number of aromatic nitrogens is 3. The summed E-state index contributed by atoms with van der Waals surface area (Å²) in [7, 11) is 0. The Morgan fingerprint density at radius 2 is 2.08 bits per heavy atom. The van der Waals surface area contributed by atoms with Crippen molar-refractivity contribution in [1.29, 1.82) is 0 Å². The van der Waals surface area contributed by atoms with Gasteiger partial charge in [-0.25, -0.2) is 0 Å². The molecule has 2 aromatic rings. The molecule has 0 atom stereocenters. The fraction of sp³-hybridized carbons (Fsp3) is 0.500. The number of carbonyl (C=O) groups excluding carboxylic acids is 1. The van der Waals surface area contributed by atoms with Gasteiger partial charge in [0.1, 0.15) is 19.6 Å². The standard InChI is InChI=1S/C18H25N5O2S/c1-3-23-16(12-22-8-10-25-11-9-22)20-21-18(23)26-13-17(24)19-15-7-5-4-6-14(15)2/h4-7H,3,8-13H2,1-2H3,(H,19,24)/p+1. The molecule has 1 amide bonds. The van der Waals surface area contributed by atoms with Gasteiger partial charge in [0.25, 0.3) is 0 Å². The predicted molar refractivity (Wildman–Crippen MR) is 101 cm³/mol. The molecule has 1 fully saturated rings. The van der Waals surface area contributed by atoms with Crippen LogP contribution in [0, 0.1) is 6.92 Å². The smallest absolute Gasteiger partial charge is 0.234 e. The number of rotatable bonds is 7. The third kappa shape index (κ3) is 4.84. The number of amides is 1. The third-order valence-electron chi connectivity index (χ3n) is 4.47. The van der Waals surface area contributed by atoms with E-state index in [1.54, 1.807) is 0 Å². The monoisotopic (exact) mass is 376 g/mol. The number of hydrogen-bond donors (Lipinski definition) is 2. The van der Waals surface area contributed by atoms with Crippen LogP contribution in [0.15, 0.2) is 29.4 Å². The van der Waals surface area contributed by atoms with Gasteiger partial charge in [0.15, 0.2) is 11.0 Å². The Hall–Kier alpha value is -1.90. The van der Waals surface area contributed by atoms with Crippen LogP contribution in [0.25, 0.3) is 0 Å². The van der Waals surface area contributed by atoms with Crippen LogP contribution in [-0.2, 0) is 22.6 Å². The topological polar surface area (TPSA) is 73.5 Å². The minimum absolute atomic E-state index is 0.0321. The number of thioether (sulfide) groups is 1. The molecular weight excluding hydrogens is 350 g/mol. The number of ether oxygens (including phenoxy) is 1. The summed E-state index contributed by atoms with van der Waals surface area (Å²) in [5.74, 6) is 1.26. The quantitative estimate of drug-likeness (QED) is 0.698. The Bertz CT molecular complexity index is 743. The summed E-state index contributed by atoms with van der Waals surface area (Å²) in [4.78, 5) is 13.7. The molecule has 0 saturated carbocycles. The Balaban J connectivity index is 1.57. The molecule has 1 aromatic carbocycles. The van der Waals surface area contributed by atoms with Gasteiger partial charge in [0, 0.05) is 12.2 Å². The summed E-state index contributed by atoms with van der Waals surface area (Å²) in [6.07, 6.45) is 0. The van der Waals surface area contributed by atoms with Crippen molar-refractivity contribution in [2.45, 2.75) is 32.1 Å². The number of para-hydroxylation sites is 1. The lowest BCUT2D eigenvalue weighted by Crippen LogP contribution is -3.12. The van der Waals surface area contributed by atoms with E-state index >= 15 is 0 Å². The molecule has 1 aliphatic heterocycles. The Morgan fingerprint density at radius 1 is 1.31 bits per heavy atom. The number of anilines is 1. The molecule has 2 heterocycles. The number of hydrogen-bond acceptors (Lipinski definition) is 5. The van der Waals surface area contributed by atoms with Crippen LogP contribution in [0.4, 0.5) is 5.69 Å². The molecule has 0 bridgehead atoms. The van der Waals surface area contributed by atoms with E-state index in [0.717, 1.165) is 61.6 Å². The van der Waals surface area contributed by atoms with Crippen LogP contribution in [0.2, 0.25) is 0 Å². The molecule has 140 valence electrons. The van der Waals surface area contributed by atoms with Gasteiger partial charge in [-0.15, -0.1) is 10.2 Å². The normalized spacial score (nSPS) is 15.2. The van der Waals surface area contributed by atoms with E-state index in [0.29, 0.717) is 5.75 Å². The number of nitrogens with one attached hydrogen (secondary N) is 2. The molecule has 8 heteroatoms. The number of benzene rings is 1. The minimum atomic E-state index is -0.0321. The summed E-state index contributed by atoms with van der Waals surface area (Å²) >= 11 is 1.43. The van der Waals surface area contributed by atoms with E-state index in [4.69, 9.17) is 4.74 Å². The van der Waals surface area contributed by atoms with Crippen molar-refractivity contribution < 1.29 is 14.4 Å². The van der Waals surface area contributed by atoms with Crippen molar-refractivity contribution in [3.63, 3.8) is 0 Å². The fourth-order valence-corrected chi connectivity index (χ4v) is 3.79. The van der Waals surface area contributed by atoms with Crippen molar-refractivity contribution >= 4 is 23.4 Å². The number of nitrogens with zero attached hydrogens (tertiary/aromatic N) is 3. The van der Waals surface area contributed by atoms with Crippen LogP contribution in [0.5, 0.6) is 0 Å². The lowest BCUT2D eigenvalue weighted by atomic mass is 10.2. The van der Waals surface area contributed by atoms with Crippen molar-refractivity contribution in [3.05, 3.63) is 35.7 Å². The van der Waals surface area contributed by atoms with Crippen LogP contribution < -0.4 is 10.2 Å². The lowest BCUT2D eigenvalue weighted by Gasteiger charge is -2.23. The fourth-order valence-electron chi connectivity index (χ4n) is 2.96. The Morgan fingerprint density at radius 3 is 2.81 bits per heavy atom. The largest absolute Gasteiger partial charge is 0.370 e. The van der Waals surface area contributed by atoms with Gasteiger partial charge in [0.2, 0.25) is 5.91 Å². The average Bonchev–Trinajstić information content (AvgIpc) is 3.04. The first-order valence-corrected chi connectivity index (χ1v) is 9.97. The maximum absolute atomic E-state index is 12.3. The number of aryl methyl sites for hydroxylation is 1. The average molecular weight is 377 g/mol. The summed E-state index contributed by atoms with van der Waals surface area (Å²) < 4.78 is 7.51. The molecule has 0 radical (unpaired) electrons. The van der Waals surface area contributed by atoms with Crippen molar-refractivity contribution in [3.8, 4) is 0 Å². The first kappa shape index (κ1) is 18.9. The van der Waals surface area contributed by atoms with Crippen LogP contribution >= 0.6 is 11.8 Å². The SMILES string of the molecule is CCn1c(C[NH+]2CCOCC2)nnc1SCC(=O)Nc1ccccc1C. The van der Waals surface area contributed by atoms with E-state index in [-0.39, 0.29) is 5.91 Å². The van der Waals surface area contributed by atoms with E-state index in [2.05, 4.69) is 27.0 Å². The summed E-state index contributed by atoms with van der Waals surface area (Å²) in [5, 5.41) is 12.4. The van der Waals surface area contributed by atoms with Crippen LogP contribution in [-0.4, -0.2) is 52.7 Å². The zero-order valence-corrected chi connectivity index (χ0v) is 16.1. The second-order valence-electron chi connectivity index (χ2n) is 6.33. The van der Waals surface area contributed by atoms with Crippen LogP contribution in [0.3, 0.4) is 0 Å². The molecule has 0 unspecified atom stereocenters. The maximum atomic E-state index is 12.3. The number of carbonyl (C=O) groups is 1. The maximum Gasteiger partial charge on any atom is 0.234 e. The van der Waals surface area contributed by atoms with E-state index < -0.39 is 0 Å². The number of quaternary nitrogens is 1. The van der Waals surface area contributed by atoms with Gasteiger partial charge >= 0.3 is 0 Å². The van der Waals surface area contributed by atoms with E-state index in [1.165, 1.54) is 16.7 Å². The highest BCUT2D eigenvalue weighted by molar-refractivity contribution is 7.99. The second kappa shape index (κ2) is 9.16. The highest BCUT2D eigenvalue weighted by Gasteiger charge is 2.20. The van der Waals surface area contributed by atoms with Gasteiger partial charge in [-0.05, 0) is 25.5 Å². The van der Waals surface area contributed by atoms with Gasteiger partial charge in [-0.3, -0.25) is 4.79 Å². The molecule has 3 rings (SSSR count). The first-order valence-electron chi connectivity index (χ1n) is 8.99. The summed E-state index contributed by atoms with van der Waals surface area (Å²) in [6.45, 7) is 9.31. The lowest BCUT2D eigenvalue weighted by molar-refractivity contribution is -0.922. The van der Waals surface area contributed by atoms with Crippen molar-refractivity contribution in [1.82, 2.24) is 14.8 Å². The molecule has 0 aliphatic carbocycles. The third-order valence-corrected chi connectivity index (χ3v) is 5.44. The van der Waals surface area contributed by atoms with Gasteiger partial charge < -0.3 is 19.5 Å². The van der Waals surface area contributed by atoms with Gasteiger partial charge in [-0.1, -0.05) is 30.0 Å². The molecule has 0 spiro atoms.